The van der Waals surface area contributed by atoms with E-state index in [-0.39, 0.29) is 11.9 Å². The molecule has 8 heavy (non-hydrogen) atoms. The van der Waals surface area contributed by atoms with Crippen molar-refractivity contribution in [2.75, 3.05) is 7.05 Å². The molecular formula is C5H12N2O. The third-order valence-electron chi connectivity index (χ3n) is 0.786. The average molecular weight is 116 g/mol. The van der Waals surface area contributed by atoms with Gasteiger partial charge in [0.25, 0.3) is 0 Å². The van der Waals surface area contributed by atoms with E-state index in [4.69, 9.17) is 5.73 Å². The summed E-state index contributed by atoms with van der Waals surface area (Å²) >= 11 is 0. The van der Waals surface area contributed by atoms with E-state index >= 15 is 0 Å². The Bertz CT molecular complexity index is 80.5. The van der Waals surface area contributed by atoms with Crippen molar-refractivity contribution in [3.05, 3.63) is 0 Å². The van der Waals surface area contributed by atoms with Crippen LogP contribution in [0.2, 0.25) is 0 Å². The first-order valence-corrected chi connectivity index (χ1v) is 2.63. The molecule has 0 aliphatic rings. The lowest BCUT2D eigenvalue weighted by Crippen LogP contribution is -2.26. The van der Waals surface area contributed by atoms with Crippen LogP contribution in [-0.4, -0.2) is 19.0 Å². The summed E-state index contributed by atoms with van der Waals surface area (Å²) in [4.78, 5) is 10.4. The van der Waals surface area contributed by atoms with E-state index < -0.39 is 0 Å². The van der Waals surface area contributed by atoms with Crippen molar-refractivity contribution < 1.29 is 4.79 Å². The van der Waals surface area contributed by atoms with Crippen LogP contribution in [0.1, 0.15) is 13.3 Å². The summed E-state index contributed by atoms with van der Waals surface area (Å²) in [6.07, 6.45) is 0.413. The molecule has 0 aliphatic carbocycles. The molecule has 1 amide bonds. The van der Waals surface area contributed by atoms with Crippen molar-refractivity contribution in [2.45, 2.75) is 19.4 Å². The Morgan fingerprint density at radius 2 is 2.38 bits per heavy atom. The van der Waals surface area contributed by atoms with Gasteiger partial charge < -0.3 is 11.1 Å². The topological polar surface area (TPSA) is 55.1 Å². The van der Waals surface area contributed by atoms with E-state index in [0.717, 1.165) is 0 Å². The maximum absolute atomic E-state index is 10.4. The van der Waals surface area contributed by atoms with E-state index in [1.165, 1.54) is 0 Å². The molecule has 1 atom stereocenters. The predicted molar refractivity (Wildman–Crippen MR) is 32.3 cm³/mol. The molecule has 0 unspecified atom stereocenters. The summed E-state index contributed by atoms with van der Waals surface area (Å²) in [6, 6.07) is -0.0325. The quantitative estimate of drug-likeness (QED) is 0.509. The molecule has 0 aromatic carbocycles. The molecule has 0 radical (unpaired) electrons. The number of carbonyl (C=O) groups excluding carboxylic acids is 1. The number of hydrogen-bond donors (Lipinski definition) is 2. The lowest BCUT2D eigenvalue weighted by atomic mass is 10.2. The van der Waals surface area contributed by atoms with Crippen LogP contribution in [0.4, 0.5) is 0 Å². The number of hydrogen-bond acceptors (Lipinski definition) is 2. The van der Waals surface area contributed by atoms with Gasteiger partial charge in [0.1, 0.15) is 0 Å². The monoisotopic (exact) mass is 116 g/mol. The normalized spacial score (nSPS) is 12.9. The number of nitrogens with one attached hydrogen (secondary N) is 1. The Morgan fingerprint density at radius 1 is 1.88 bits per heavy atom. The number of amides is 1. The fourth-order valence-electron chi connectivity index (χ4n) is 0.394. The minimum atomic E-state index is -0.0325. The molecule has 3 N–H and O–H groups in total. The molecule has 3 heteroatoms. The summed E-state index contributed by atoms with van der Waals surface area (Å²) < 4.78 is 0. The second-order valence-corrected chi connectivity index (χ2v) is 1.85. The van der Waals surface area contributed by atoms with Gasteiger partial charge in [-0.2, -0.15) is 0 Å². The molecule has 0 aromatic rings. The van der Waals surface area contributed by atoms with Crippen LogP contribution in [0.3, 0.4) is 0 Å². The zero-order chi connectivity index (χ0) is 6.57. The Morgan fingerprint density at radius 3 is 2.50 bits per heavy atom. The van der Waals surface area contributed by atoms with Gasteiger partial charge in [-0.05, 0) is 6.92 Å². The highest BCUT2D eigenvalue weighted by molar-refractivity contribution is 5.76. The second kappa shape index (κ2) is 3.43. The maximum Gasteiger partial charge on any atom is 0.221 e. The Hall–Kier alpha value is -0.570. The molecule has 0 saturated heterocycles. The highest BCUT2D eigenvalue weighted by atomic mass is 16.1. The second-order valence-electron chi connectivity index (χ2n) is 1.85. The summed E-state index contributed by atoms with van der Waals surface area (Å²) in [5.41, 5.74) is 5.31. The standard InChI is InChI=1S/C5H12N2O/c1-4(6)3-5(8)7-2/h4H,3,6H2,1-2H3,(H,7,8)/t4-/m1/s1. The molecule has 0 fully saturated rings. The van der Waals surface area contributed by atoms with Crippen LogP contribution in [-0.2, 0) is 4.79 Å². The van der Waals surface area contributed by atoms with Crippen LogP contribution >= 0.6 is 0 Å². The van der Waals surface area contributed by atoms with Crippen molar-refractivity contribution in [1.82, 2.24) is 5.32 Å². The third-order valence-corrected chi connectivity index (χ3v) is 0.786. The summed E-state index contributed by atoms with van der Waals surface area (Å²) in [6.45, 7) is 1.80. The van der Waals surface area contributed by atoms with Gasteiger partial charge in [0.15, 0.2) is 0 Å². The Balaban J connectivity index is 3.25. The lowest BCUT2D eigenvalue weighted by molar-refractivity contribution is -0.120. The van der Waals surface area contributed by atoms with E-state index in [9.17, 15) is 4.79 Å². The molecule has 0 aromatic heterocycles. The molecule has 0 heterocycles. The number of carbonyl (C=O) groups is 1. The van der Waals surface area contributed by atoms with Gasteiger partial charge in [-0.1, -0.05) is 0 Å². The smallest absolute Gasteiger partial charge is 0.221 e. The van der Waals surface area contributed by atoms with Crippen LogP contribution in [0.25, 0.3) is 0 Å². The van der Waals surface area contributed by atoms with Gasteiger partial charge in [-0.25, -0.2) is 0 Å². The van der Waals surface area contributed by atoms with Crippen LogP contribution in [0, 0.1) is 0 Å². The number of rotatable bonds is 2. The van der Waals surface area contributed by atoms with Gasteiger partial charge in [-0.15, -0.1) is 0 Å². The van der Waals surface area contributed by atoms with Crippen molar-refractivity contribution >= 4 is 5.91 Å². The van der Waals surface area contributed by atoms with Crippen LogP contribution in [0.15, 0.2) is 0 Å². The minimum absolute atomic E-state index is 0.000000000000000222. The van der Waals surface area contributed by atoms with E-state index in [2.05, 4.69) is 5.32 Å². The summed E-state index contributed by atoms with van der Waals surface area (Å²) in [7, 11) is 1.60. The number of nitrogens with two attached hydrogens (primary N) is 1. The van der Waals surface area contributed by atoms with E-state index in [1.54, 1.807) is 14.0 Å². The van der Waals surface area contributed by atoms with Crippen molar-refractivity contribution in [3.63, 3.8) is 0 Å². The fraction of sp³-hybridized carbons (Fsp3) is 0.800. The Kier molecular flexibility index (Phi) is 3.19. The van der Waals surface area contributed by atoms with Gasteiger partial charge >= 0.3 is 0 Å². The maximum atomic E-state index is 10.4. The van der Waals surface area contributed by atoms with Gasteiger partial charge in [0.2, 0.25) is 5.91 Å². The zero-order valence-corrected chi connectivity index (χ0v) is 5.27. The summed E-state index contributed by atoms with van der Waals surface area (Å²) in [5, 5.41) is 2.48. The largest absolute Gasteiger partial charge is 0.359 e. The lowest BCUT2D eigenvalue weighted by Gasteiger charge is -2.00. The van der Waals surface area contributed by atoms with Crippen molar-refractivity contribution in [1.29, 1.82) is 0 Å². The first-order chi connectivity index (χ1) is 3.66. The zero-order valence-electron chi connectivity index (χ0n) is 5.27. The molecular weight excluding hydrogens is 104 g/mol. The van der Waals surface area contributed by atoms with Gasteiger partial charge in [0, 0.05) is 19.5 Å². The van der Waals surface area contributed by atoms with Crippen LogP contribution in [0.5, 0.6) is 0 Å². The van der Waals surface area contributed by atoms with Gasteiger partial charge in [0.05, 0.1) is 0 Å². The summed E-state index contributed by atoms with van der Waals surface area (Å²) in [5.74, 6) is 0.000000000000000222. The van der Waals surface area contributed by atoms with Crippen molar-refractivity contribution in [3.8, 4) is 0 Å². The first kappa shape index (κ1) is 7.43. The first-order valence-electron chi connectivity index (χ1n) is 2.63. The minimum Gasteiger partial charge on any atom is -0.359 e. The predicted octanol–water partition coefficient (Wildman–Crippen LogP) is -0.530. The Labute approximate surface area is 49.3 Å². The molecule has 0 rings (SSSR count). The molecule has 3 nitrogen and oxygen atoms in total. The SMILES string of the molecule is CNC(=O)C[C@@H](C)N. The fourth-order valence-corrected chi connectivity index (χ4v) is 0.394. The van der Waals surface area contributed by atoms with Crippen LogP contribution < -0.4 is 11.1 Å². The average Bonchev–Trinajstić information content (AvgIpc) is 1.65. The highest BCUT2D eigenvalue weighted by Crippen LogP contribution is 1.82. The molecule has 0 aliphatic heterocycles. The molecule has 0 spiro atoms. The molecule has 48 valence electrons. The molecule has 0 saturated carbocycles. The van der Waals surface area contributed by atoms with Gasteiger partial charge in [-0.3, -0.25) is 4.79 Å². The van der Waals surface area contributed by atoms with E-state index in [0.29, 0.717) is 6.42 Å². The molecule has 0 bridgehead atoms. The third kappa shape index (κ3) is 3.61. The highest BCUT2D eigenvalue weighted by Gasteiger charge is 1.99. The van der Waals surface area contributed by atoms with E-state index in [1.807, 2.05) is 0 Å². The van der Waals surface area contributed by atoms with Crippen molar-refractivity contribution in [2.24, 2.45) is 5.73 Å².